The van der Waals surface area contributed by atoms with E-state index in [4.69, 9.17) is 44.6 Å². The topological polar surface area (TPSA) is 26.0 Å². The third-order valence-electron chi connectivity index (χ3n) is 1.42. The van der Waals surface area contributed by atoms with Gasteiger partial charge in [-0.3, -0.25) is 0 Å². The maximum atomic E-state index is 5.72. The molecule has 1 aromatic carbocycles. The summed E-state index contributed by atoms with van der Waals surface area (Å²) < 4.78 is 0. The molecule has 12 heavy (non-hydrogen) atoms. The van der Waals surface area contributed by atoms with Crippen LogP contribution in [-0.4, -0.2) is 15.7 Å². The highest BCUT2D eigenvalue weighted by molar-refractivity contribution is 6.43. The monoisotopic (exact) mass is 195 g/mol. The van der Waals surface area contributed by atoms with Gasteiger partial charge in [0.15, 0.2) is 0 Å². The molecule has 0 bridgehead atoms. The predicted octanol–water partition coefficient (Wildman–Crippen LogP) is 1.40. The smallest absolute Gasteiger partial charge is 0.0880 e. The lowest BCUT2D eigenvalue weighted by atomic mass is 9.59. The van der Waals surface area contributed by atoms with Crippen molar-refractivity contribution in [3.8, 4) is 0 Å². The Kier molecular flexibility index (Phi) is 2.77. The van der Waals surface area contributed by atoms with E-state index in [9.17, 15) is 0 Å². The minimum Gasteiger partial charge on any atom is -0.337 e. The molecule has 0 fully saturated rings. The molecule has 58 valence electrons. The number of benzene rings is 1. The normalized spacial score (nSPS) is 11.6. The Balaban J connectivity index is 3.14. The number of hydrogen-bond acceptors (Lipinski definition) is 1. The Hall–Kier alpha value is -0.110. The van der Waals surface area contributed by atoms with E-state index in [1.165, 1.54) is 0 Å². The first kappa shape index (κ1) is 9.97. The van der Waals surface area contributed by atoms with E-state index in [0.717, 1.165) is 0 Å². The lowest BCUT2D eigenvalue weighted by molar-refractivity contribution is 0.913. The Labute approximate surface area is 84.0 Å². The SMILES string of the molecule is [B]C([B])(N)c1ccc(Cl)c(Cl)c1. The minimum absolute atomic E-state index is 0.389. The fourth-order valence-electron chi connectivity index (χ4n) is 0.765. The van der Waals surface area contributed by atoms with Crippen molar-refractivity contribution >= 4 is 38.9 Å². The highest BCUT2D eigenvalue weighted by atomic mass is 35.5. The summed E-state index contributed by atoms with van der Waals surface area (Å²) in [6, 6.07) is 4.78. The van der Waals surface area contributed by atoms with E-state index in [-0.39, 0.29) is 0 Å². The van der Waals surface area contributed by atoms with Crippen molar-refractivity contribution < 1.29 is 0 Å². The number of nitrogens with two attached hydrogens (primary N) is 1. The van der Waals surface area contributed by atoms with Crippen molar-refractivity contribution in [2.24, 2.45) is 5.73 Å². The summed E-state index contributed by atoms with van der Waals surface area (Å²) in [6.45, 7) is 0. The molecule has 0 aliphatic carbocycles. The van der Waals surface area contributed by atoms with E-state index < -0.39 is 5.34 Å². The molecule has 0 saturated carbocycles. The summed E-state index contributed by atoms with van der Waals surface area (Å²) in [5.74, 6) is 0. The quantitative estimate of drug-likeness (QED) is 0.674. The van der Waals surface area contributed by atoms with Crippen LogP contribution in [0.15, 0.2) is 18.2 Å². The lowest BCUT2D eigenvalue weighted by Crippen LogP contribution is -2.37. The first-order chi connectivity index (χ1) is 5.41. The largest absolute Gasteiger partial charge is 0.337 e. The van der Waals surface area contributed by atoms with Gasteiger partial charge in [-0.2, -0.15) is 0 Å². The van der Waals surface area contributed by atoms with Gasteiger partial charge in [-0.25, -0.2) is 0 Å². The van der Waals surface area contributed by atoms with Crippen molar-refractivity contribution in [3.05, 3.63) is 33.8 Å². The molecule has 4 radical (unpaired) electrons. The fraction of sp³-hybridized carbons (Fsp3) is 0.143. The number of halogens is 2. The first-order valence-corrected chi connectivity index (χ1v) is 3.99. The zero-order valence-corrected chi connectivity index (χ0v) is 7.73. The first-order valence-electron chi connectivity index (χ1n) is 3.23. The van der Waals surface area contributed by atoms with Gasteiger partial charge in [-0.15, -0.1) is 0 Å². The lowest BCUT2D eigenvalue weighted by Gasteiger charge is -2.20. The zero-order chi connectivity index (χ0) is 9.35. The van der Waals surface area contributed by atoms with Crippen LogP contribution in [-0.2, 0) is 5.34 Å². The van der Waals surface area contributed by atoms with Crippen molar-refractivity contribution in [2.45, 2.75) is 5.34 Å². The second kappa shape index (κ2) is 3.33. The molecule has 0 aromatic heterocycles. The second-order valence-corrected chi connectivity index (χ2v) is 3.38. The number of hydrogen-bond donors (Lipinski definition) is 1. The molecular formula is C7H5B2Cl2N. The van der Waals surface area contributed by atoms with Crippen LogP contribution in [0.3, 0.4) is 0 Å². The van der Waals surface area contributed by atoms with E-state index in [0.29, 0.717) is 15.6 Å². The van der Waals surface area contributed by atoms with Gasteiger partial charge in [-0.1, -0.05) is 29.3 Å². The van der Waals surface area contributed by atoms with Gasteiger partial charge >= 0.3 is 0 Å². The van der Waals surface area contributed by atoms with E-state index in [1.807, 2.05) is 0 Å². The van der Waals surface area contributed by atoms with Gasteiger partial charge in [0.2, 0.25) is 0 Å². The van der Waals surface area contributed by atoms with Crippen LogP contribution in [0.2, 0.25) is 10.0 Å². The average molecular weight is 196 g/mol. The van der Waals surface area contributed by atoms with Crippen LogP contribution < -0.4 is 5.73 Å². The predicted molar refractivity (Wildman–Crippen MR) is 53.8 cm³/mol. The summed E-state index contributed by atoms with van der Waals surface area (Å²) in [4.78, 5) is 0. The number of rotatable bonds is 1. The molecule has 0 aliphatic heterocycles. The molecule has 0 amide bonds. The van der Waals surface area contributed by atoms with Crippen molar-refractivity contribution in [1.82, 2.24) is 0 Å². The van der Waals surface area contributed by atoms with Gasteiger partial charge in [0, 0.05) is 0 Å². The van der Waals surface area contributed by atoms with Crippen LogP contribution in [0.1, 0.15) is 5.56 Å². The van der Waals surface area contributed by atoms with Crippen LogP contribution in [0, 0.1) is 0 Å². The molecule has 1 aromatic rings. The van der Waals surface area contributed by atoms with Gasteiger partial charge < -0.3 is 5.73 Å². The molecule has 0 aliphatic rings. The summed E-state index contributed by atoms with van der Waals surface area (Å²) in [7, 11) is 10.9. The van der Waals surface area contributed by atoms with E-state index in [2.05, 4.69) is 0 Å². The van der Waals surface area contributed by atoms with Crippen molar-refractivity contribution in [2.75, 3.05) is 0 Å². The minimum atomic E-state index is -1.37. The summed E-state index contributed by atoms with van der Waals surface area (Å²) in [5.41, 5.74) is 5.97. The molecule has 0 heterocycles. The summed E-state index contributed by atoms with van der Waals surface area (Å²) >= 11 is 11.4. The third-order valence-corrected chi connectivity index (χ3v) is 2.16. The standard InChI is InChI=1S/C7H5B2Cl2N/c8-7(9,12)4-1-2-5(10)6(11)3-4/h1-3H,12H2. The molecule has 1 nitrogen and oxygen atoms in total. The Morgan fingerprint density at radius 2 is 1.75 bits per heavy atom. The molecule has 0 saturated heterocycles. The average Bonchev–Trinajstić information content (AvgIpc) is 1.92. The molecule has 0 spiro atoms. The Morgan fingerprint density at radius 1 is 1.17 bits per heavy atom. The van der Waals surface area contributed by atoms with Crippen molar-refractivity contribution in [1.29, 1.82) is 0 Å². The van der Waals surface area contributed by atoms with Gasteiger partial charge in [0.25, 0.3) is 0 Å². The van der Waals surface area contributed by atoms with E-state index in [1.54, 1.807) is 18.2 Å². The molecule has 1 rings (SSSR count). The molecule has 0 unspecified atom stereocenters. The zero-order valence-electron chi connectivity index (χ0n) is 6.22. The third kappa shape index (κ3) is 2.19. The van der Waals surface area contributed by atoms with Crippen molar-refractivity contribution in [3.63, 3.8) is 0 Å². The molecule has 0 atom stereocenters. The second-order valence-electron chi connectivity index (χ2n) is 2.56. The highest BCUT2D eigenvalue weighted by Crippen LogP contribution is 2.24. The van der Waals surface area contributed by atoms with Crippen LogP contribution in [0.5, 0.6) is 0 Å². The maximum absolute atomic E-state index is 5.72. The van der Waals surface area contributed by atoms with Crippen LogP contribution in [0.4, 0.5) is 0 Å². The van der Waals surface area contributed by atoms with Gasteiger partial charge in [-0.05, 0) is 23.0 Å². The van der Waals surface area contributed by atoms with Gasteiger partial charge in [0.1, 0.15) is 0 Å². The Morgan fingerprint density at radius 3 is 2.17 bits per heavy atom. The fourth-order valence-corrected chi connectivity index (χ4v) is 1.06. The highest BCUT2D eigenvalue weighted by Gasteiger charge is 2.13. The molecule has 2 N–H and O–H groups in total. The summed E-state index contributed by atoms with van der Waals surface area (Å²) in [6.07, 6.45) is 0. The van der Waals surface area contributed by atoms with Crippen LogP contribution >= 0.6 is 23.2 Å². The van der Waals surface area contributed by atoms with Gasteiger partial charge in [0.05, 0.1) is 25.7 Å². The maximum Gasteiger partial charge on any atom is 0.0880 e. The Bertz CT molecular complexity index is 296. The van der Waals surface area contributed by atoms with E-state index >= 15 is 0 Å². The molecule has 5 heteroatoms. The van der Waals surface area contributed by atoms with Crippen LogP contribution in [0.25, 0.3) is 0 Å². The summed E-state index contributed by atoms with van der Waals surface area (Å²) in [5, 5.41) is -0.529. The molecular weight excluding hydrogens is 191 g/mol.